The van der Waals surface area contributed by atoms with E-state index < -0.39 is 0 Å². The van der Waals surface area contributed by atoms with Gasteiger partial charge >= 0.3 is 0 Å². The lowest BCUT2D eigenvalue weighted by Crippen LogP contribution is -2.28. The van der Waals surface area contributed by atoms with E-state index in [2.05, 4.69) is 18.9 Å². The van der Waals surface area contributed by atoms with Crippen LogP contribution in [0.1, 0.15) is 19.8 Å². The van der Waals surface area contributed by atoms with E-state index in [1.807, 2.05) is 0 Å². The van der Waals surface area contributed by atoms with Crippen molar-refractivity contribution >= 4 is 0 Å². The maximum Gasteiger partial charge on any atom is 0.0121 e. The normalized spacial score (nSPS) is 50.7. The summed E-state index contributed by atoms with van der Waals surface area (Å²) in [6, 6.07) is 0.940. The highest BCUT2D eigenvalue weighted by atomic mass is 15.2. The van der Waals surface area contributed by atoms with Crippen molar-refractivity contribution in [2.45, 2.75) is 25.8 Å². The number of hydrogen-bond acceptors (Lipinski definition) is 1. The highest BCUT2D eigenvalue weighted by molar-refractivity contribution is 4.95. The van der Waals surface area contributed by atoms with Gasteiger partial charge in [0, 0.05) is 12.6 Å². The van der Waals surface area contributed by atoms with Crippen molar-refractivity contribution in [3.05, 3.63) is 0 Å². The van der Waals surface area contributed by atoms with Crippen LogP contribution in [0.25, 0.3) is 0 Å². The molecule has 2 fully saturated rings. The summed E-state index contributed by atoms with van der Waals surface area (Å²) < 4.78 is 0. The minimum atomic E-state index is 0.940. The molecule has 1 saturated carbocycles. The molecule has 1 saturated heterocycles. The van der Waals surface area contributed by atoms with Crippen LogP contribution in [0.15, 0.2) is 0 Å². The first kappa shape index (κ1) is 5.72. The molecule has 3 atom stereocenters. The Hall–Kier alpha value is -0.0400. The third kappa shape index (κ3) is 0.644. The molecule has 0 amide bonds. The molecule has 0 aromatic rings. The van der Waals surface area contributed by atoms with Crippen LogP contribution in [-0.4, -0.2) is 24.5 Å². The smallest absolute Gasteiger partial charge is 0.0121 e. The Balaban J connectivity index is 2.16. The van der Waals surface area contributed by atoms with E-state index >= 15 is 0 Å². The number of rotatable bonds is 0. The van der Waals surface area contributed by atoms with Crippen molar-refractivity contribution in [2.24, 2.45) is 11.8 Å². The zero-order valence-corrected chi connectivity index (χ0v) is 6.30. The van der Waals surface area contributed by atoms with E-state index in [1.165, 1.54) is 19.4 Å². The van der Waals surface area contributed by atoms with Crippen molar-refractivity contribution in [3.8, 4) is 0 Å². The molecule has 2 bridgehead atoms. The van der Waals surface area contributed by atoms with Crippen LogP contribution in [0.3, 0.4) is 0 Å². The first-order valence-corrected chi connectivity index (χ1v) is 3.99. The molecule has 1 heterocycles. The zero-order chi connectivity index (χ0) is 6.43. The van der Waals surface area contributed by atoms with Gasteiger partial charge in [0.05, 0.1) is 0 Å². The van der Waals surface area contributed by atoms with Gasteiger partial charge in [0.15, 0.2) is 0 Å². The van der Waals surface area contributed by atoms with Crippen LogP contribution in [0, 0.1) is 11.8 Å². The maximum atomic E-state index is 2.53. The quantitative estimate of drug-likeness (QED) is 0.472. The average molecular weight is 125 g/mol. The lowest BCUT2D eigenvalue weighted by Gasteiger charge is -2.21. The Morgan fingerprint density at radius 1 is 1.33 bits per heavy atom. The number of hydrogen-bond donors (Lipinski definition) is 0. The Morgan fingerprint density at radius 3 is 2.33 bits per heavy atom. The molecule has 2 rings (SSSR count). The van der Waals surface area contributed by atoms with Crippen LogP contribution in [0.4, 0.5) is 0 Å². The van der Waals surface area contributed by atoms with E-state index in [1.54, 1.807) is 0 Å². The van der Waals surface area contributed by atoms with Crippen molar-refractivity contribution in [2.75, 3.05) is 13.6 Å². The molecular weight excluding hydrogens is 110 g/mol. The number of piperidine rings is 1. The fraction of sp³-hybridized carbons (Fsp3) is 1.00. The Morgan fingerprint density at radius 2 is 2.11 bits per heavy atom. The van der Waals surface area contributed by atoms with Gasteiger partial charge in [-0.25, -0.2) is 0 Å². The number of nitrogens with zero attached hydrogens (tertiary/aromatic N) is 1. The SMILES string of the molecule is CC1C2CCC1N(C)C2. The summed E-state index contributed by atoms with van der Waals surface area (Å²) in [5.74, 6) is 2.04. The second-order valence-electron chi connectivity index (χ2n) is 3.70. The average Bonchev–Trinajstić information content (AvgIpc) is 2.25. The van der Waals surface area contributed by atoms with Gasteiger partial charge in [0.1, 0.15) is 0 Å². The standard InChI is InChI=1S/C8H15N/c1-6-7-3-4-8(6)9(2)5-7/h6-8H,3-5H2,1-2H3. The van der Waals surface area contributed by atoms with Crippen LogP contribution in [0.5, 0.6) is 0 Å². The molecule has 1 heteroatoms. The highest BCUT2D eigenvalue weighted by Gasteiger charge is 2.41. The first-order chi connectivity index (χ1) is 4.29. The highest BCUT2D eigenvalue weighted by Crippen LogP contribution is 2.41. The number of likely N-dealkylation sites (tertiary alicyclic amines) is 1. The van der Waals surface area contributed by atoms with E-state index in [9.17, 15) is 0 Å². The first-order valence-electron chi connectivity index (χ1n) is 3.99. The third-order valence-corrected chi connectivity index (χ3v) is 3.27. The molecule has 9 heavy (non-hydrogen) atoms. The van der Waals surface area contributed by atoms with Crippen LogP contribution in [0.2, 0.25) is 0 Å². The minimum absolute atomic E-state index is 0.940. The van der Waals surface area contributed by atoms with Gasteiger partial charge in [0.2, 0.25) is 0 Å². The minimum Gasteiger partial charge on any atom is -0.303 e. The van der Waals surface area contributed by atoms with E-state index in [0.29, 0.717) is 0 Å². The van der Waals surface area contributed by atoms with Gasteiger partial charge in [-0.2, -0.15) is 0 Å². The third-order valence-electron chi connectivity index (χ3n) is 3.27. The fourth-order valence-electron chi connectivity index (χ4n) is 2.61. The monoisotopic (exact) mass is 125 g/mol. The summed E-state index contributed by atoms with van der Waals surface area (Å²) >= 11 is 0. The van der Waals surface area contributed by atoms with Crippen LogP contribution in [-0.2, 0) is 0 Å². The van der Waals surface area contributed by atoms with Crippen molar-refractivity contribution < 1.29 is 0 Å². The van der Waals surface area contributed by atoms with E-state index in [0.717, 1.165) is 17.9 Å². The maximum absolute atomic E-state index is 2.53. The van der Waals surface area contributed by atoms with Crippen molar-refractivity contribution in [1.29, 1.82) is 0 Å². The second-order valence-corrected chi connectivity index (χ2v) is 3.70. The summed E-state index contributed by atoms with van der Waals surface area (Å²) in [6.07, 6.45) is 2.96. The van der Waals surface area contributed by atoms with Crippen molar-refractivity contribution in [3.63, 3.8) is 0 Å². The van der Waals surface area contributed by atoms with Gasteiger partial charge in [-0.1, -0.05) is 6.92 Å². The topological polar surface area (TPSA) is 3.24 Å². The molecule has 2 aliphatic rings. The van der Waals surface area contributed by atoms with Crippen molar-refractivity contribution in [1.82, 2.24) is 4.90 Å². The number of fused-ring (bicyclic) bond motifs is 2. The van der Waals surface area contributed by atoms with Crippen LogP contribution < -0.4 is 0 Å². The van der Waals surface area contributed by atoms with Gasteiger partial charge in [0.25, 0.3) is 0 Å². The zero-order valence-electron chi connectivity index (χ0n) is 6.30. The fourth-order valence-corrected chi connectivity index (χ4v) is 2.61. The molecule has 3 unspecified atom stereocenters. The molecule has 0 spiro atoms. The Labute approximate surface area is 57.0 Å². The molecule has 52 valence electrons. The van der Waals surface area contributed by atoms with Gasteiger partial charge in [-0.3, -0.25) is 0 Å². The Kier molecular flexibility index (Phi) is 1.10. The largest absolute Gasteiger partial charge is 0.303 e. The second kappa shape index (κ2) is 1.72. The van der Waals surface area contributed by atoms with Gasteiger partial charge in [-0.05, 0) is 31.7 Å². The summed E-state index contributed by atoms with van der Waals surface area (Å²) in [7, 11) is 2.26. The van der Waals surface area contributed by atoms with Crippen LogP contribution >= 0.6 is 0 Å². The molecule has 1 aliphatic carbocycles. The molecule has 1 aliphatic heterocycles. The molecule has 0 radical (unpaired) electrons. The summed E-state index contributed by atoms with van der Waals surface area (Å²) in [5.41, 5.74) is 0. The predicted octanol–water partition coefficient (Wildman–Crippen LogP) is 1.35. The Bertz CT molecular complexity index is 122. The molecule has 0 N–H and O–H groups in total. The summed E-state index contributed by atoms with van der Waals surface area (Å²) in [6.45, 7) is 3.78. The lowest BCUT2D eigenvalue weighted by molar-refractivity contribution is 0.255. The van der Waals surface area contributed by atoms with E-state index in [-0.39, 0.29) is 0 Å². The molecular formula is C8H15N. The lowest BCUT2D eigenvalue weighted by atomic mass is 10.0. The van der Waals surface area contributed by atoms with Gasteiger partial charge < -0.3 is 4.90 Å². The molecule has 1 nitrogen and oxygen atoms in total. The van der Waals surface area contributed by atoms with Gasteiger partial charge in [-0.15, -0.1) is 0 Å². The summed E-state index contributed by atoms with van der Waals surface area (Å²) in [4.78, 5) is 2.53. The summed E-state index contributed by atoms with van der Waals surface area (Å²) in [5, 5.41) is 0. The molecule has 0 aromatic heterocycles. The molecule has 0 aromatic carbocycles. The van der Waals surface area contributed by atoms with E-state index in [4.69, 9.17) is 0 Å². The predicted molar refractivity (Wildman–Crippen MR) is 38.3 cm³/mol.